The number of benzene rings is 3. The fourth-order valence-corrected chi connectivity index (χ4v) is 5.69. The van der Waals surface area contributed by atoms with Crippen molar-refractivity contribution < 1.29 is 9.47 Å². The van der Waals surface area contributed by atoms with Gasteiger partial charge in [0.1, 0.15) is 12.7 Å². The summed E-state index contributed by atoms with van der Waals surface area (Å²) in [7, 11) is 1.58. The number of para-hydroxylation sites is 1. The number of rotatable bonds is 7. The molecule has 160 valence electrons. The lowest BCUT2D eigenvalue weighted by molar-refractivity contribution is 0.282. The van der Waals surface area contributed by atoms with Gasteiger partial charge in [0.15, 0.2) is 15.8 Å². The molecule has 0 unspecified atom stereocenters. The third kappa shape index (κ3) is 5.28. The van der Waals surface area contributed by atoms with E-state index in [1.165, 1.54) is 11.8 Å². The van der Waals surface area contributed by atoms with E-state index in [9.17, 15) is 5.26 Å². The summed E-state index contributed by atoms with van der Waals surface area (Å²) < 4.78 is 14.2. The number of fused-ring (bicyclic) bond motifs is 1. The molecule has 0 atom stereocenters. The molecule has 0 radical (unpaired) electrons. The number of halogens is 2. The van der Waals surface area contributed by atoms with Crippen LogP contribution in [0.25, 0.3) is 16.3 Å². The standard InChI is InChI=1S/C24H16BrClN2O2S2/c1-29-21-12-15(11-18(25)23(21)30-14-16-6-2-3-7-19(16)26)10-17(13-27)31-24-28-20-8-4-5-9-22(20)32-24/h2-12H,14H2,1H3/b17-10+. The Balaban J connectivity index is 1.57. The zero-order valence-electron chi connectivity index (χ0n) is 16.8. The molecule has 4 rings (SSSR count). The van der Waals surface area contributed by atoms with Crippen molar-refractivity contribution >= 4 is 66.9 Å². The molecule has 0 N–H and O–H groups in total. The highest BCUT2D eigenvalue weighted by atomic mass is 79.9. The molecule has 0 amide bonds. The molecule has 0 aliphatic carbocycles. The fourth-order valence-electron chi connectivity index (χ4n) is 2.95. The molecule has 32 heavy (non-hydrogen) atoms. The number of hydrogen-bond donors (Lipinski definition) is 0. The molecule has 3 aromatic carbocycles. The molecular formula is C24H16BrClN2O2S2. The number of thioether (sulfide) groups is 1. The van der Waals surface area contributed by atoms with Gasteiger partial charge in [-0.1, -0.05) is 41.9 Å². The number of nitrogens with zero attached hydrogens (tertiary/aromatic N) is 2. The lowest BCUT2D eigenvalue weighted by Gasteiger charge is -2.14. The number of allylic oxidation sites excluding steroid dienone is 1. The second-order valence-electron chi connectivity index (χ2n) is 6.58. The highest BCUT2D eigenvalue weighted by Gasteiger charge is 2.14. The number of thiazole rings is 1. The second-order valence-corrected chi connectivity index (χ2v) is 10.2. The SMILES string of the molecule is COc1cc(/C=C(\C#N)Sc2nc3ccccc3s2)cc(Br)c1OCc1ccccc1Cl. The van der Waals surface area contributed by atoms with E-state index < -0.39 is 0 Å². The van der Waals surface area contributed by atoms with E-state index >= 15 is 0 Å². The lowest BCUT2D eigenvalue weighted by atomic mass is 10.2. The monoisotopic (exact) mass is 542 g/mol. The highest BCUT2D eigenvalue weighted by molar-refractivity contribution is 9.10. The predicted molar refractivity (Wildman–Crippen MR) is 136 cm³/mol. The average molecular weight is 544 g/mol. The Bertz CT molecular complexity index is 1310. The van der Waals surface area contributed by atoms with Crippen LogP contribution in [-0.2, 0) is 6.61 Å². The summed E-state index contributed by atoms with van der Waals surface area (Å²) in [5.41, 5.74) is 2.62. The van der Waals surface area contributed by atoms with E-state index in [1.54, 1.807) is 18.4 Å². The van der Waals surface area contributed by atoms with Crippen molar-refractivity contribution in [3.63, 3.8) is 0 Å². The molecule has 1 heterocycles. The zero-order chi connectivity index (χ0) is 22.5. The number of hydrogen-bond acceptors (Lipinski definition) is 6. The van der Waals surface area contributed by atoms with Crippen LogP contribution in [0.4, 0.5) is 0 Å². The minimum absolute atomic E-state index is 0.306. The number of ether oxygens (including phenoxy) is 2. The Morgan fingerprint density at radius 2 is 2.00 bits per heavy atom. The topological polar surface area (TPSA) is 55.1 Å². The van der Waals surface area contributed by atoms with Gasteiger partial charge in [-0.2, -0.15) is 5.26 Å². The third-order valence-electron chi connectivity index (χ3n) is 4.46. The zero-order valence-corrected chi connectivity index (χ0v) is 20.8. The van der Waals surface area contributed by atoms with E-state index in [1.807, 2.05) is 66.7 Å². The largest absolute Gasteiger partial charge is 0.493 e. The van der Waals surface area contributed by atoms with Crippen LogP contribution >= 0.6 is 50.6 Å². The van der Waals surface area contributed by atoms with Gasteiger partial charge in [0.25, 0.3) is 0 Å². The maximum absolute atomic E-state index is 9.67. The van der Waals surface area contributed by atoms with Gasteiger partial charge in [0.05, 0.1) is 26.7 Å². The van der Waals surface area contributed by atoms with Gasteiger partial charge in [-0.3, -0.25) is 0 Å². The number of methoxy groups -OCH3 is 1. The predicted octanol–water partition coefficient (Wildman–Crippen LogP) is 7.96. The van der Waals surface area contributed by atoms with Crippen molar-refractivity contribution in [2.24, 2.45) is 0 Å². The molecule has 0 saturated carbocycles. The van der Waals surface area contributed by atoms with Crippen LogP contribution in [0.3, 0.4) is 0 Å². The Morgan fingerprint density at radius 3 is 2.75 bits per heavy atom. The van der Waals surface area contributed by atoms with Crippen molar-refractivity contribution in [3.05, 3.63) is 86.2 Å². The molecule has 0 bridgehead atoms. The van der Waals surface area contributed by atoms with Gasteiger partial charge in [-0.15, -0.1) is 11.3 Å². The van der Waals surface area contributed by atoms with Crippen molar-refractivity contribution in [2.75, 3.05) is 7.11 Å². The molecule has 8 heteroatoms. The van der Waals surface area contributed by atoms with Gasteiger partial charge in [0.2, 0.25) is 0 Å². The van der Waals surface area contributed by atoms with E-state index in [2.05, 4.69) is 27.0 Å². The van der Waals surface area contributed by atoms with E-state index in [0.717, 1.165) is 30.2 Å². The van der Waals surface area contributed by atoms with Crippen LogP contribution in [-0.4, -0.2) is 12.1 Å². The quantitative estimate of drug-likeness (QED) is 0.175. The van der Waals surface area contributed by atoms with E-state index in [-0.39, 0.29) is 0 Å². The van der Waals surface area contributed by atoms with Gasteiger partial charge >= 0.3 is 0 Å². The first-order valence-corrected chi connectivity index (χ1v) is 12.3. The second kappa shape index (κ2) is 10.4. The van der Waals surface area contributed by atoms with Crippen LogP contribution in [0, 0.1) is 11.3 Å². The van der Waals surface area contributed by atoms with Crippen molar-refractivity contribution in [2.45, 2.75) is 10.9 Å². The van der Waals surface area contributed by atoms with E-state index in [0.29, 0.717) is 28.0 Å². The highest BCUT2D eigenvalue weighted by Crippen LogP contribution is 2.39. The maximum Gasteiger partial charge on any atom is 0.175 e. The molecule has 0 aliphatic rings. The summed E-state index contributed by atoms with van der Waals surface area (Å²) in [6.45, 7) is 0.306. The van der Waals surface area contributed by atoms with Crippen molar-refractivity contribution in [1.29, 1.82) is 5.26 Å². The Morgan fingerprint density at radius 1 is 1.22 bits per heavy atom. The Hall–Kier alpha value is -2.50. The van der Waals surface area contributed by atoms with Crippen LogP contribution in [0.15, 0.2) is 74.4 Å². The first-order valence-electron chi connectivity index (χ1n) is 9.46. The molecular weight excluding hydrogens is 528 g/mol. The van der Waals surface area contributed by atoms with Gasteiger partial charge in [0, 0.05) is 10.6 Å². The normalized spacial score (nSPS) is 11.4. The molecule has 1 aromatic heterocycles. The summed E-state index contributed by atoms with van der Waals surface area (Å²) in [4.78, 5) is 5.12. The summed E-state index contributed by atoms with van der Waals surface area (Å²) in [5.74, 6) is 1.13. The Labute approximate surface area is 207 Å². The minimum Gasteiger partial charge on any atom is -0.493 e. The van der Waals surface area contributed by atoms with Gasteiger partial charge in [-0.25, -0.2) is 4.98 Å². The smallest absolute Gasteiger partial charge is 0.175 e. The lowest BCUT2D eigenvalue weighted by Crippen LogP contribution is -1.99. The first-order chi connectivity index (χ1) is 15.6. The maximum atomic E-state index is 9.67. The first kappa shape index (κ1) is 22.7. The van der Waals surface area contributed by atoms with Crippen molar-refractivity contribution in [3.8, 4) is 17.6 Å². The van der Waals surface area contributed by atoms with Crippen LogP contribution in [0.5, 0.6) is 11.5 Å². The van der Waals surface area contributed by atoms with Crippen molar-refractivity contribution in [1.82, 2.24) is 4.98 Å². The third-order valence-corrected chi connectivity index (χ3v) is 7.44. The van der Waals surface area contributed by atoms with Gasteiger partial charge < -0.3 is 9.47 Å². The van der Waals surface area contributed by atoms with E-state index in [4.69, 9.17) is 21.1 Å². The summed E-state index contributed by atoms with van der Waals surface area (Å²) in [5, 5.41) is 10.3. The molecule has 0 saturated heterocycles. The molecule has 0 aliphatic heterocycles. The minimum atomic E-state index is 0.306. The number of aromatic nitrogens is 1. The van der Waals surface area contributed by atoms with Crippen LogP contribution < -0.4 is 9.47 Å². The summed E-state index contributed by atoms with van der Waals surface area (Å²) >= 11 is 12.7. The number of nitriles is 1. The van der Waals surface area contributed by atoms with Gasteiger partial charge in [-0.05, 0) is 69.7 Å². The summed E-state index contributed by atoms with van der Waals surface area (Å²) in [6, 6.07) is 21.4. The molecule has 4 aromatic rings. The average Bonchev–Trinajstić information content (AvgIpc) is 3.21. The molecule has 0 fully saturated rings. The summed E-state index contributed by atoms with van der Waals surface area (Å²) in [6.07, 6.45) is 1.81. The van der Waals surface area contributed by atoms with Crippen LogP contribution in [0.2, 0.25) is 5.02 Å². The van der Waals surface area contributed by atoms with Crippen LogP contribution in [0.1, 0.15) is 11.1 Å². The molecule has 4 nitrogen and oxygen atoms in total. The Kier molecular flexibility index (Phi) is 7.38. The fraction of sp³-hybridized carbons (Fsp3) is 0.0833. The molecule has 0 spiro atoms.